The Balaban J connectivity index is 2.81. The van der Waals surface area contributed by atoms with Crippen LogP contribution in [0.15, 0.2) is 34.8 Å². The van der Waals surface area contributed by atoms with Crippen molar-refractivity contribution < 1.29 is 9.50 Å². The van der Waals surface area contributed by atoms with Gasteiger partial charge in [0, 0.05) is 10.0 Å². The molecule has 0 heterocycles. The minimum Gasteiger partial charge on any atom is -0.388 e. The van der Waals surface area contributed by atoms with Crippen molar-refractivity contribution in [2.75, 3.05) is 0 Å². The van der Waals surface area contributed by atoms with Gasteiger partial charge in [-0.3, -0.25) is 0 Å². The van der Waals surface area contributed by atoms with Crippen LogP contribution in [-0.4, -0.2) is 5.11 Å². The van der Waals surface area contributed by atoms with Gasteiger partial charge in [-0.25, -0.2) is 4.39 Å². The van der Waals surface area contributed by atoms with Crippen LogP contribution in [0.2, 0.25) is 0 Å². The molecule has 1 rings (SSSR count). The van der Waals surface area contributed by atoms with E-state index in [1.807, 2.05) is 6.92 Å². The molecule has 1 nitrogen and oxygen atoms in total. The number of halogens is 2. The number of rotatable bonds is 4. The van der Waals surface area contributed by atoms with Crippen molar-refractivity contribution >= 4 is 15.9 Å². The molecule has 1 unspecified atom stereocenters. The number of hydrogen-bond acceptors (Lipinski definition) is 1. The number of aliphatic hydroxyl groups excluding tert-OH is 1. The smallest absolute Gasteiger partial charge is 0.130 e. The van der Waals surface area contributed by atoms with Crippen LogP contribution in [0, 0.1) is 5.82 Å². The second kappa shape index (κ2) is 5.42. The highest BCUT2D eigenvalue weighted by atomic mass is 79.9. The monoisotopic (exact) mass is 272 g/mol. The summed E-state index contributed by atoms with van der Waals surface area (Å²) in [6.07, 6.45) is 0.411. The van der Waals surface area contributed by atoms with Gasteiger partial charge in [0.25, 0.3) is 0 Å². The number of aliphatic hydroxyl groups is 1. The highest BCUT2D eigenvalue weighted by molar-refractivity contribution is 9.10. The maximum Gasteiger partial charge on any atom is 0.130 e. The Hall–Kier alpha value is -0.670. The van der Waals surface area contributed by atoms with Gasteiger partial charge in [-0.15, -0.1) is 6.58 Å². The lowest BCUT2D eigenvalue weighted by Gasteiger charge is -2.13. The third-order valence-corrected chi connectivity index (χ3v) is 2.87. The van der Waals surface area contributed by atoms with Gasteiger partial charge in [-0.05, 0) is 31.9 Å². The molecule has 0 saturated heterocycles. The lowest BCUT2D eigenvalue weighted by Crippen LogP contribution is -2.02. The Morgan fingerprint density at radius 3 is 2.80 bits per heavy atom. The summed E-state index contributed by atoms with van der Waals surface area (Å²) in [6, 6.07) is 4.68. The number of hydrogen-bond donors (Lipinski definition) is 1. The lowest BCUT2D eigenvalue weighted by molar-refractivity contribution is 0.162. The Morgan fingerprint density at radius 2 is 2.27 bits per heavy atom. The Bertz CT molecular complexity index is 342. The minimum absolute atomic E-state index is 0.332. The van der Waals surface area contributed by atoms with E-state index in [9.17, 15) is 9.50 Å². The maximum atomic E-state index is 13.4. The molecule has 0 aliphatic heterocycles. The molecular weight excluding hydrogens is 259 g/mol. The average molecular weight is 273 g/mol. The van der Waals surface area contributed by atoms with Crippen LogP contribution in [0.4, 0.5) is 4.39 Å². The fraction of sp³-hybridized carbons (Fsp3) is 0.333. The molecule has 82 valence electrons. The van der Waals surface area contributed by atoms with E-state index in [4.69, 9.17) is 0 Å². The predicted octanol–water partition coefficient (Wildman–Crippen LogP) is 3.98. The molecule has 3 heteroatoms. The summed E-state index contributed by atoms with van der Waals surface area (Å²) >= 11 is 3.23. The third kappa shape index (κ3) is 3.43. The first-order valence-electron chi connectivity index (χ1n) is 4.78. The molecular formula is C12H14BrFO. The van der Waals surface area contributed by atoms with Crippen LogP contribution in [0.3, 0.4) is 0 Å². The van der Waals surface area contributed by atoms with Crippen LogP contribution in [-0.2, 0) is 0 Å². The normalized spacial score (nSPS) is 12.5. The summed E-state index contributed by atoms with van der Waals surface area (Å²) < 4.78 is 14.0. The van der Waals surface area contributed by atoms with Gasteiger partial charge in [0.1, 0.15) is 5.82 Å². The van der Waals surface area contributed by atoms with Gasteiger partial charge in [0.05, 0.1) is 6.10 Å². The zero-order valence-corrected chi connectivity index (χ0v) is 10.2. The standard InChI is InChI=1S/C12H14BrFO/c1-8(2)6-7-11(15)12-9(13)4-3-5-10(12)14/h3-5,11,15H,1,6-7H2,2H3. The van der Waals surface area contributed by atoms with E-state index in [1.54, 1.807) is 12.1 Å². The highest BCUT2D eigenvalue weighted by Crippen LogP contribution is 2.29. The van der Waals surface area contributed by atoms with E-state index in [0.29, 0.717) is 22.9 Å². The zero-order valence-electron chi connectivity index (χ0n) is 8.63. The van der Waals surface area contributed by atoms with E-state index in [2.05, 4.69) is 22.5 Å². The fourth-order valence-electron chi connectivity index (χ4n) is 1.36. The predicted molar refractivity (Wildman–Crippen MR) is 63.1 cm³/mol. The van der Waals surface area contributed by atoms with Crippen molar-refractivity contribution in [2.45, 2.75) is 25.9 Å². The first kappa shape index (κ1) is 12.4. The largest absolute Gasteiger partial charge is 0.388 e. The van der Waals surface area contributed by atoms with Gasteiger partial charge < -0.3 is 5.11 Å². The molecule has 0 aliphatic rings. The molecule has 0 aromatic heterocycles. The summed E-state index contributed by atoms with van der Waals surface area (Å²) in [6.45, 7) is 5.64. The first-order valence-corrected chi connectivity index (χ1v) is 5.58. The summed E-state index contributed by atoms with van der Waals surface area (Å²) in [5.74, 6) is -0.376. The summed E-state index contributed by atoms with van der Waals surface area (Å²) in [5, 5.41) is 9.82. The molecule has 15 heavy (non-hydrogen) atoms. The van der Waals surface area contributed by atoms with Crippen molar-refractivity contribution in [3.05, 3.63) is 46.2 Å². The average Bonchev–Trinajstić information content (AvgIpc) is 2.14. The lowest BCUT2D eigenvalue weighted by atomic mass is 10.0. The van der Waals surface area contributed by atoms with Crippen molar-refractivity contribution in [3.63, 3.8) is 0 Å². The van der Waals surface area contributed by atoms with Gasteiger partial charge in [0.2, 0.25) is 0 Å². The van der Waals surface area contributed by atoms with E-state index in [-0.39, 0.29) is 5.82 Å². The van der Waals surface area contributed by atoms with Crippen molar-refractivity contribution in [3.8, 4) is 0 Å². The van der Waals surface area contributed by atoms with Crippen LogP contribution in [0.25, 0.3) is 0 Å². The van der Waals surface area contributed by atoms with Crippen molar-refractivity contribution in [1.29, 1.82) is 0 Å². The van der Waals surface area contributed by atoms with Crippen LogP contribution in [0.5, 0.6) is 0 Å². The molecule has 1 aromatic carbocycles. The zero-order chi connectivity index (χ0) is 11.4. The first-order chi connectivity index (χ1) is 7.02. The Kier molecular flexibility index (Phi) is 4.48. The van der Waals surface area contributed by atoms with E-state index >= 15 is 0 Å². The fourth-order valence-corrected chi connectivity index (χ4v) is 1.96. The quantitative estimate of drug-likeness (QED) is 0.823. The maximum absolute atomic E-state index is 13.4. The number of allylic oxidation sites excluding steroid dienone is 1. The molecule has 0 radical (unpaired) electrons. The molecule has 0 bridgehead atoms. The van der Waals surface area contributed by atoms with E-state index in [0.717, 1.165) is 5.57 Å². The van der Waals surface area contributed by atoms with Crippen LogP contribution >= 0.6 is 15.9 Å². The Labute approximate surface area is 97.8 Å². The van der Waals surface area contributed by atoms with Gasteiger partial charge in [-0.2, -0.15) is 0 Å². The third-order valence-electron chi connectivity index (χ3n) is 2.18. The molecule has 1 N–H and O–H groups in total. The summed E-state index contributed by atoms with van der Waals surface area (Å²) in [5.41, 5.74) is 1.32. The molecule has 1 atom stereocenters. The van der Waals surface area contributed by atoms with Crippen LogP contribution in [0.1, 0.15) is 31.4 Å². The Morgan fingerprint density at radius 1 is 1.60 bits per heavy atom. The molecule has 1 aromatic rings. The summed E-state index contributed by atoms with van der Waals surface area (Å²) in [4.78, 5) is 0. The molecule has 0 aliphatic carbocycles. The molecule has 0 fully saturated rings. The minimum atomic E-state index is -0.780. The van der Waals surface area contributed by atoms with Crippen LogP contribution < -0.4 is 0 Å². The van der Waals surface area contributed by atoms with E-state index < -0.39 is 6.10 Å². The van der Waals surface area contributed by atoms with Crippen molar-refractivity contribution in [1.82, 2.24) is 0 Å². The molecule has 0 amide bonds. The topological polar surface area (TPSA) is 20.2 Å². The number of benzene rings is 1. The van der Waals surface area contributed by atoms with Gasteiger partial charge in [0.15, 0.2) is 0 Å². The summed E-state index contributed by atoms with van der Waals surface area (Å²) in [7, 11) is 0. The van der Waals surface area contributed by atoms with E-state index in [1.165, 1.54) is 6.07 Å². The molecule has 0 spiro atoms. The highest BCUT2D eigenvalue weighted by Gasteiger charge is 2.15. The molecule has 0 saturated carbocycles. The SMILES string of the molecule is C=C(C)CCC(O)c1c(F)cccc1Br. The second-order valence-electron chi connectivity index (χ2n) is 3.65. The van der Waals surface area contributed by atoms with Gasteiger partial charge in [-0.1, -0.05) is 27.6 Å². The van der Waals surface area contributed by atoms with Crippen molar-refractivity contribution in [2.24, 2.45) is 0 Å². The second-order valence-corrected chi connectivity index (χ2v) is 4.50. The van der Waals surface area contributed by atoms with Gasteiger partial charge >= 0.3 is 0 Å².